The Morgan fingerprint density at radius 2 is 1.74 bits per heavy atom. The van der Waals surface area contributed by atoms with E-state index in [4.69, 9.17) is 5.73 Å². The smallest absolute Gasteiger partial charge is 0.254 e. The van der Waals surface area contributed by atoms with Crippen molar-refractivity contribution in [1.82, 2.24) is 15.1 Å². The van der Waals surface area contributed by atoms with Crippen LogP contribution in [0.15, 0.2) is 42.5 Å². The van der Waals surface area contributed by atoms with Crippen LogP contribution in [0.25, 0.3) is 0 Å². The average molecular weight is 524 g/mol. The second-order valence-electron chi connectivity index (χ2n) is 10.5. The third-order valence-corrected chi connectivity index (χ3v) is 7.62. The molecule has 3 N–H and O–H groups in total. The van der Waals surface area contributed by atoms with Gasteiger partial charge in [-0.05, 0) is 55.5 Å². The van der Waals surface area contributed by atoms with Gasteiger partial charge in [-0.2, -0.15) is 0 Å². The maximum absolute atomic E-state index is 14.5. The van der Waals surface area contributed by atoms with Crippen LogP contribution in [0.1, 0.15) is 53.0 Å². The lowest BCUT2D eigenvalue weighted by molar-refractivity contribution is -0.139. The molecule has 0 bridgehead atoms. The fraction of sp³-hybridized carbons (Fsp3) is 0.429. The largest absolute Gasteiger partial charge is 0.366 e. The van der Waals surface area contributed by atoms with Crippen LogP contribution in [0, 0.1) is 18.7 Å². The molecule has 4 rings (SSSR count). The minimum absolute atomic E-state index is 0.0438. The van der Waals surface area contributed by atoms with Gasteiger partial charge in [0.1, 0.15) is 17.4 Å². The van der Waals surface area contributed by atoms with Crippen molar-refractivity contribution in [1.29, 1.82) is 0 Å². The Bertz CT molecular complexity index is 1270. The van der Waals surface area contributed by atoms with E-state index in [1.807, 2.05) is 24.8 Å². The number of amides is 4. The van der Waals surface area contributed by atoms with Crippen molar-refractivity contribution in [3.63, 3.8) is 0 Å². The molecule has 2 aliphatic rings. The number of likely N-dealkylation sites (N-methyl/N-ethyl adjacent to an activating group) is 1. The molecule has 2 aromatic rings. The first-order valence-electron chi connectivity index (χ1n) is 12.7. The second kappa shape index (κ2) is 10.4. The number of benzene rings is 2. The standard InChI is InChI=1S/C28H34FN5O4/c1-17(2)23(31-25(36)21-10-5-7-18(3)22(21)29)26(37)33-13-11-28(12-14-33)27(38)32(4)16-34(28)20-9-6-8-19(15-20)24(30)35/h5-10,15,17,23H,11-14,16H2,1-4H3,(H2,30,35)(H,31,36). The van der Waals surface area contributed by atoms with E-state index in [2.05, 4.69) is 5.32 Å². The van der Waals surface area contributed by atoms with Gasteiger partial charge in [-0.25, -0.2) is 4.39 Å². The molecule has 202 valence electrons. The molecule has 1 unspecified atom stereocenters. The average Bonchev–Trinajstić information content (AvgIpc) is 3.13. The fourth-order valence-electron chi connectivity index (χ4n) is 5.37. The number of halogens is 1. The summed E-state index contributed by atoms with van der Waals surface area (Å²) in [4.78, 5) is 56.8. The number of rotatable bonds is 6. The van der Waals surface area contributed by atoms with Gasteiger partial charge in [0.2, 0.25) is 17.7 Å². The summed E-state index contributed by atoms with van der Waals surface area (Å²) in [5.41, 5.74) is 5.93. The summed E-state index contributed by atoms with van der Waals surface area (Å²) < 4.78 is 14.5. The predicted octanol–water partition coefficient (Wildman–Crippen LogP) is 2.28. The van der Waals surface area contributed by atoms with Crippen molar-refractivity contribution in [3.8, 4) is 0 Å². The van der Waals surface area contributed by atoms with Crippen molar-refractivity contribution in [2.45, 2.75) is 45.2 Å². The third-order valence-electron chi connectivity index (χ3n) is 7.62. The number of primary amides is 1. The molecule has 0 saturated carbocycles. The van der Waals surface area contributed by atoms with Crippen LogP contribution in [-0.4, -0.2) is 71.8 Å². The zero-order valence-electron chi connectivity index (χ0n) is 22.2. The highest BCUT2D eigenvalue weighted by Gasteiger charge is 2.53. The SMILES string of the molecule is Cc1cccc(C(=O)NC(C(=O)N2CCC3(CC2)C(=O)N(C)CN3c2cccc(C(N)=O)c2)C(C)C)c1F. The highest BCUT2D eigenvalue weighted by atomic mass is 19.1. The minimum Gasteiger partial charge on any atom is -0.366 e. The Kier molecular flexibility index (Phi) is 7.44. The number of hydrogen-bond donors (Lipinski definition) is 2. The molecule has 0 aliphatic carbocycles. The number of hydrogen-bond acceptors (Lipinski definition) is 5. The molecule has 10 heteroatoms. The number of carbonyl (C=O) groups excluding carboxylic acids is 4. The van der Waals surface area contributed by atoms with Gasteiger partial charge < -0.3 is 25.8 Å². The van der Waals surface area contributed by atoms with Gasteiger partial charge in [0, 0.05) is 31.4 Å². The Hall–Kier alpha value is -3.95. The van der Waals surface area contributed by atoms with Gasteiger partial charge in [-0.15, -0.1) is 0 Å². The third kappa shape index (κ3) is 4.82. The zero-order valence-corrected chi connectivity index (χ0v) is 22.2. The molecule has 0 aromatic heterocycles. The molecule has 2 aliphatic heterocycles. The maximum atomic E-state index is 14.5. The molecule has 1 atom stereocenters. The van der Waals surface area contributed by atoms with E-state index < -0.39 is 29.2 Å². The second-order valence-corrected chi connectivity index (χ2v) is 10.5. The van der Waals surface area contributed by atoms with Gasteiger partial charge in [-0.3, -0.25) is 19.2 Å². The van der Waals surface area contributed by atoms with Crippen LogP contribution in [0.5, 0.6) is 0 Å². The quantitative estimate of drug-likeness (QED) is 0.603. The monoisotopic (exact) mass is 523 g/mol. The number of nitrogens with zero attached hydrogens (tertiary/aromatic N) is 3. The van der Waals surface area contributed by atoms with Gasteiger partial charge in [0.05, 0.1) is 12.2 Å². The number of likely N-dealkylation sites (tertiary alicyclic amines) is 1. The molecule has 2 aromatic carbocycles. The van der Waals surface area contributed by atoms with Crippen molar-refractivity contribution in [3.05, 3.63) is 65.0 Å². The van der Waals surface area contributed by atoms with Crippen LogP contribution in [0.3, 0.4) is 0 Å². The van der Waals surface area contributed by atoms with E-state index in [1.54, 1.807) is 54.1 Å². The summed E-state index contributed by atoms with van der Waals surface area (Å²) in [6, 6.07) is 10.6. The van der Waals surface area contributed by atoms with Gasteiger partial charge >= 0.3 is 0 Å². The van der Waals surface area contributed by atoms with E-state index >= 15 is 0 Å². The van der Waals surface area contributed by atoms with Crippen LogP contribution < -0.4 is 16.0 Å². The Morgan fingerprint density at radius 1 is 1.08 bits per heavy atom. The number of anilines is 1. The van der Waals surface area contributed by atoms with Crippen molar-refractivity contribution >= 4 is 29.3 Å². The predicted molar refractivity (Wildman–Crippen MR) is 141 cm³/mol. The first-order valence-corrected chi connectivity index (χ1v) is 12.7. The van der Waals surface area contributed by atoms with Crippen molar-refractivity contribution < 1.29 is 23.6 Å². The maximum Gasteiger partial charge on any atom is 0.254 e. The summed E-state index contributed by atoms with van der Waals surface area (Å²) >= 11 is 0. The molecule has 0 radical (unpaired) electrons. The van der Waals surface area contributed by atoms with Gasteiger partial charge in [0.15, 0.2) is 0 Å². The Balaban J connectivity index is 1.52. The molecule has 38 heavy (non-hydrogen) atoms. The lowest BCUT2D eigenvalue weighted by atomic mass is 9.85. The van der Waals surface area contributed by atoms with Gasteiger partial charge in [0.25, 0.3) is 5.91 Å². The summed E-state index contributed by atoms with van der Waals surface area (Å²) in [7, 11) is 1.73. The highest BCUT2D eigenvalue weighted by molar-refractivity contribution is 5.99. The Morgan fingerprint density at radius 3 is 2.37 bits per heavy atom. The number of nitrogens with two attached hydrogens (primary N) is 1. The molecule has 2 fully saturated rings. The lowest BCUT2D eigenvalue weighted by Gasteiger charge is -2.44. The highest BCUT2D eigenvalue weighted by Crippen LogP contribution is 2.39. The first kappa shape index (κ1) is 27.1. The minimum atomic E-state index is -0.858. The first-order chi connectivity index (χ1) is 18.0. The number of piperidine rings is 1. The number of carbonyl (C=O) groups is 4. The van der Waals surface area contributed by atoms with Crippen LogP contribution >= 0.6 is 0 Å². The molecule has 1 spiro atoms. The summed E-state index contributed by atoms with van der Waals surface area (Å²) in [5, 5.41) is 2.73. The van der Waals surface area contributed by atoms with E-state index in [1.165, 1.54) is 6.07 Å². The van der Waals surface area contributed by atoms with Crippen molar-refractivity contribution in [2.75, 3.05) is 31.7 Å². The summed E-state index contributed by atoms with van der Waals surface area (Å²) in [6.07, 6.45) is 0.766. The van der Waals surface area contributed by atoms with E-state index in [0.29, 0.717) is 49.4 Å². The number of nitrogens with one attached hydrogen (secondary N) is 1. The number of aryl methyl sites for hydroxylation is 1. The van der Waals surface area contributed by atoms with Crippen molar-refractivity contribution in [2.24, 2.45) is 11.7 Å². The van der Waals surface area contributed by atoms with Gasteiger partial charge in [-0.1, -0.05) is 32.0 Å². The zero-order chi connectivity index (χ0) is 27.8. The van der Waals surface area contributed by atoms with Crippen LogP contribution in [0.2, 0.25) is 0 Å². The van der Waals surface area contributed by atoms with Crippen LogP contribution in [0.4, 0.5) is 10.1 Å². The topological polar surface area (TPSA) is 116 Å². The fourth-order valence-corrected chi connectivity index (χ4v) is 5.37. The Labute approximate surface area is 221 Å². The molecule has 4 amide bonds. The van der Waals surface area contributed by atoms with E-state index in [0.717, 1.165) is 0 Å². The van der Waals surface area contributed by atoms with E-state index in [9.17, 15) is 23.6 Å². The van der Waals surface area contributed by atoms with E-state index in [-0.39, 0.29) is 23.3 Å². The molecular weight excluding hydrogens is 489 g/mol. The summed E-state index contributed by atoms with van der Waals surface area (Å²) in [5.74, 6) is -2.34. The molecule has 9 nitrogen and oxygen atoms in total. The normalized spacial score (nSPS) is 17.7. The molecule has 2 heterocycles. The molecule has 2 saturated heterocycles. The van der Waals surface area contributed by atoms with Crippen LogP contribution in [-0.2, 0) is 9.59 Å². The summed E-state index contributed by atoms with van der Waals surface area (Å²) in [6.45, 7) is 6.19. The molecular formula is C28H34FN5O4. The lowest BCUT2D eigenvalue weighted by Crippen LogP contribution is -2.60.